The SMILES string of the molecule is N#C[C@@H]1N[C@@H](CF)[C@H]1c1ccc(-c2c(F)cc(Cl)cc2F)cc1. The van der Waals surface area contributed by atoms with Gasteiger partial charge in [0.15, 0.2) is 0 Å². The van der Waals surface area contributed by atoms with Crippen molar-refractivity contribution < 1.29 is 13.2 Å². The minimum atomic E-state index is -0.746. The molecule has 0 aromatic heterocycles. The molecule has 2 nitrogen and oxygen atoms in total. The fraction of sp³-hybridized carbons (Fsp3) is 0.235. The van der Waals surface area contributed by atoms with Gasteiger partial charge in [-0.3, -0.25) is 5.32 Å². The van der Waals surface area contributed by atoms with Crippen molar-refractivity contribution in [3.05, 3.63) is 58.6 Å². The maximum atomic E-state index is 13.9. The maximum Gasteiger partial charge on any atom is 0.135 e. The van der Waals surface area contributed by atoms with Crippen LogP contribution in [0.15, 0.2) is 36.4 Å². The smallest absolute Gasteiger partial charge is 0.135 e. The van der Waals surface area contributed by atoms with Crippen molar-refractivity contribution in [2.24, 2.45) is 0 Å². The van der Waals surface area contributed by atoms with Crippen LogP contribution in [0.2, 0.25) is 5.02 Å². The Morgan fingerprint density at radius 1 is 1.13 bits per heavy atom. The zero-order valence-electron chi connectivity index (χ0n) is 11.9. The molecule has 0 aliphatic carbocycles. The monoisotopic (exact) mass is 336 g/mol. The molecule has 2 aromatic rings. The fourth-order valence-electron chi connectivity index (χ4n) is 2.92. The molecular formula is C17H12ClF3N2. The molecule has 0 saturated carbocycles. The third-order valence-electron chi connectivity index (χ3n) is 4.08. The van der Waals surface area contributed by atoms with E-state index >= 15 is 0 Å². The molecule has 0 amide bonds. The second-order valence-electron chi connectivity index (χ2n) is 5.43. The van der Waals surface area contributed by atoms with E-state index in [9.17, 15) is 13.2 Å². The van der Waals surface area contributed by atoms with Crippen LogP contribution in [0.4, 0.5) is 13.2 Å². The molecular weight excluding hydrogens is 325 g/mol. The van der Waals surface area contributed by atoms with Crippen molar-refractivity contribution in [3.63, 3.8) is 0 Å². The van der Waals surface area contributed by atoms with E-state index in [-0.39, 0.29) is 16.5 Å². The van der Waals surface area contributed by atoms with Crippen LogP contribution in [0.1, 0.15) is 11.5 Å². The van der Waals surface area contributed by atoms with Crippen molar-refractivity contribution in [2.75, 3.05) is 6.67 Å². The van der Waals surface area contributed by atoms with Gasteiger partial charge in [0.25, 0.3) is 0 Å². The Bertz CT molecular complexity index is 747. The van der Waals surface area contributed by atoms with E-state index in [0.717, 1.165) is 17.7 Å². The summed E-state index contributed by atoms with van der Waals surface area (Å²) < 4.78 is 40.8. The topological polar surface area (TPSA) is 35.8 Å². The molecule has 6 heteroatoms. The van der Waals surface area contributed by atoms with Crippen LogP contribution in [0.25, 0.3) is 11.1 Å². The molecule has 1 fully saturated rings. The van der Waals surface area contributed by atoms with Crippen LogP contribution in [0.5, 0.6) is 0 Å². The number of rotatable bonds is 3. The maximum absolute atomic E-state index is 13.9. The number of halogens is 4. The Hall–Kier alpha value is -2.03. The minimum absolute atomic E-state index is 0.0106. The summed E-state index contributed by atoms with van der Waals surface area (Å²) in [4.78, 5) is 0. The summed E-state index contributed by atoms with van der Waals surface area (Å²) in [5.74, 6) is -1.76. The third-order valence-corrected chi connectivity index (χ3v) is 4.30. The molecule has 3 rings (SSSR count). The molecule has 0 unspecified atom stereocenters. The van der Waals surface area contributed by atoms with Gasteiger partial charge in [-0.25, -0.2) is 13.2 Å². The van der Waals surface area contributed by atoms with Gasteiger partial charge >= 0.3 is 0 Å². The Kier molecular flexibility index (Phi) is 4.29. The van der Waals surface area contributed by atoms with Crippen LogP contribution in [-0.2, 0) is 0 Å². The van der Waals surface area contributed by atoms with Crippen LogP contribution >= 0.6 is 11.6 Å². The lowest BCUT2D eigenvalue weighted by atomic mass is 9.78. The van der Waals surface area contributed by atoms with Gasteiger partial charge in [-0.2, -0.15) is 5.26 Å². The third kappa shape index (κ3) is 2.80. The zero-order valence-corrected chi connectivity index (χ0v) is 12.6. The number of hydrogen-bond donors (Lipinski definition) is 1. The number of nitrogens with one attached hydrogen (secondary N) is 1. The summed E-state index contributed by atoms with van der Waals surface area (Å²) in [6.45, 7) is -0.578. The first-order valence-electron chi connectivity index (χ1n) is 7.01. The first-order chi connectivity index (χ1) is 11.0. The van der Waals surface area contributed by atoms with Crippen LogP contribution in [0.3, 0.4) is 0 Å². The predicted molar refractivity (Wildman–Crippen MR) is 81.8 cm³/mol. The van der Waals surface area contributed by atoms with Crippen molar-refractivity contribution in [2.45, 2.75) is 18.0 Å². The van der Waals surface area contributed by atoms with Crippen molar-refractivity contribution in [1.29, 1.82) is 5.26 Å². The lowest BCUT2D eigenvalue weighted by Gasteiger charge is -2.41. The largest absolute Gasteiger partial charge is 0.295 e. The second-order valence-corrected chi connectivity index (χ2v) is 5.86. The van der Waals surface area contributed by atoms with E-state index in [2.05, 4.69) is 11.4 Å². The highest BCUT2D eigenvalue weighted by atomic mass is 35.5. The number of benzene rings is 2. The van der Waals surface area contributed by atoms with E-state index in [1.54, 1.807) is 24.3 Å². The van der Waals surface area contributed by atoms with Gasteiger partial charge in [-0.1, -0.05) is 35.9 Å². The molecule has 0 spiro atoms. The standard InChI is InChI=1S/C17H12ClF3N2/c18-11-5-12(20)16(13(21)6-11)9-1-3-10(4-2-9)17-14(7-19)23-15(17)8-22/h1-6,14-15,17,23H,7H2/t14-,15-,17+/m0/s1. The van der Waals surface area contributed by atoms with E-state index in [1.165, 1.54) is 0 Å². The number of nitriles is 1. The number of alkyl halides is 1. The predicted octanol–water partition coefficient (Wildman–Crippen LogP) is 4.20. The van der Waals surface area contributed by atoms with Crippen molar-refractivity contribution in [3.8, 4) is 17.2 Å². The highest BCUT2D eigenvalue weighted by molar-refractivity contribution is 6.30. The molecule has 0 bridgehead atoms. The van der Waals surface area contributed by atoms with Gasteiger partial charge in [-0.15, -0.1) is 0 Å². The van der Waals surface area contributed by atoms with E-state index in [0.29, 0.717) is 5.56 Å². The lowest BCUT2D eigenvalue weighted by Crippen LogP contribution is -2.59. The molecule has 1 aliphatic heterocycles. The van der Waals surface area contributed by atoms with Gasteiger partial charge in [0.1, 0.15) is 24.4 Å². The zero-order chi connectivity index (χ0) is 16.6. The first-order valence-corrected chi connectivity index (χ1v) is 7.39. The summed E-state index contributed by atoms with van der Waals surface area (Å²) >= 11 is 5.61. The van der Waals surface area contributed by atoms with Crippen molar-refractivity contribution in [1.82, 2.24) is 5.32 Å². The lowest BCUT2D eigenvalue weighted by molar-refractivity contribution is 0.210. The molecule has 1 N–H and O–H groups in total. The highest BCUT2D eigenvalue weighted by Gasteiger charge is 2.41. The normalized spacial score (nSPS) is 23.2. The Labute approximate surface area is 136 Å². The summed E-state index contributed by atoms with van der Waals surface area (Å²) in [6, 6.07) is 9.77. The average molecular weight is 337 g/mol. The van der Waals surface area contributed by atoms with Crippen molar-refractivity contribution >= 4 is 11.6 Å². The van der Waals surface area contributed by atoms with Gasteiger partial charge in [0, 0.05) is 17.0 Å². The Morgan fingerprint density at radius 3 is 2.26 bits per heavy atom. The highest BCUT2D eigenvalue weighted by Crippen LogP contribution is 2.34. The van der Waals surface area contributed by atoms with Gasteiger partial charge in [0.05, 0.1) is 11.6 Å². The summed E-state index contributed by atoms with van der Waals surface area (Å²) in [5.41, 5.74) is 0.959. The Morgan fingerprint density at radius 2 is 1.74 bits per heavy atom. The number of hydrogen-bond acceptors (Lipinski definition) is 2. The average Bonchev–Trinajstić information content (AvgIpc) is 2.48. The van der Waals surface area contributed by atoms with Crippen LogP contribution in [0, 0.1) is 23.0 Å². The summed E-state index contributed by atoms with van der Waals surface area (Å²) in [6.07, 6.45) is 0. The first kappa shape index (κ1) is 15.9. The van der Waals surface area contributed by atoms with Gasteiger partial charge < -0.3 is 0 Å². The molecule has 0 radical (unpaired) electrons. The van der Waals surface area contributed by atoms with Crippen LogP contribution < -0.4 is 5.32 Å². The quantitative estimate of drug-likeness (QED) is 0.911. The number of nitrogens with zero attached hydrogens (tertiary/aromatic N) is 1. The molecule has 3 atom stereocenters. The fourth-order valence-corrected chi connectivity index (χ4v) is 3.12. The molecule has 118 valence electrons. The molecule has 23 heavy (non-hydrogen) atoms. The summed E-state index contributed by atoms with van der Waals surface area (Å²) in [7, 11) is 0. The van der Waals surface area contributed by atoms with E-state index in [4.69, 9.17) is 16.9 Å². The molecule has 1 saturated heterocycles. The Balaban J connectivity index is 1.93. The van der Waals surface area contributed by atoms with Gasteiger partial charge in [0.2, 0.25) is 0 Å². The molecule has 2 aromatic carbocycles. The second kappa shape index (κ2) is 6.23. The summed E-state index contributed by atoms with van der Waals surface area (Å²) in [5, 5.41) is 11.8. The van der Waals surface area contributed by atoms with E-state index < -0.39 is 30.4 Å². The van der Waals surface area contributed by atoms with Crippen LogP contribution in [-0.4, -0.2) is 18.8 Å². The molecule has 1 aliphatic rings. The molecule has 1 heterocycles. The van der Waals surface area contributed by atoms with Gasteiger partial charge in [-0.05, 0) is 23.3 Å². The minimum Gasteiger partial charge on any atom is -0.295 e. The van der Waals surface area contributed by atoms with E-state index in [1.807, 2.05) is 0 Å².